The zero-order chi connectivity index (χ0) is 11.1. The molecule has 0 fully saturated rings. The van der Waals surface area contributed by atoms with E-state index >= 15 is 0 Å². The van der Waals surface area contributed by atoms with E-state index in [4.69, 9.17) is 0 Å². The van der Waals surface area contributed by atoms with Crippen molar-refractivity contribution in [3.63, 3.8) is 0 Å². The maximum absolute atomic E-state index is 11.7. The van der Waals surface area contributed by atoms with E-state index in [1.807, 2.05) is 0 Å². The third-order valence-corrected chi connectivity index (χ3v) is 3.73. The molecule has 0 atom stereocenters. The molecular formula is C9H5NO4S. The summed E-state index contributed by atoms with van der Waals surface area (Å²) >= 11 is 0. The Labute approximate surface area is 85.7 Å². The largest absolute Gasteiger partial charge is 0.273 e. The van der Waals surface area contributed by atoms with Gasteiger partial charge >= 0.3 is 0 Å². The topological polar surface area (TPSA) is 71.5 Å². The van der Waals surface area contributed by atoms with Crippen molar-refractivity contribution in [3.05, 3.63) is 36.0 Å². The Morgan fingerprint density at radius 2 is 1.93 bits per heavy atom. The van der Waals surface area contributed by atoms with E-state index in [1.54, 1.807) is 6.07 Å². The number of benzene rings is 1. The molecule has 1 aliphatic rings. The summed E-state index contributed by atoms with van der Waals surface area (Å²) in [6.07, 6.45) is 0.581. The fraction of sp³-hybridized carbons (Fsp3) is 0. The van der Waals surface area contributed by atoms with Crippen LogP contribution < -0.4 is 0 Å². The van der Waals surface area contributed by atoms with Crippen LogP contribution in [0.15, 0.2) is 35.4 Å². The van der Waals surface area contributed by atoms with Crippen LogP contribution in [0.3, 0.4) is 0 Å². The molecule has 1 amide bonds. The van der Waals surface area contributed by atoms with Gasteiger partial charge in [-0.05, 0) is 12.1 Å². The smallest absolute Gasteiger partial charge is 0.268 e. The standard InChI is InChI=1S/C9H5NO4S/c11-6-5-10-9(12)7-3-1-2-4-8(7)15(10,13)14/h1-5H. The number of amides is 1. The van der Waals surface area contributed by atoms with Gasteiger partial charge in [0.1, 0.15) is 17.0 Å². The first kappa shape index (κ1) is 9.64. The molecule has 0 saturated carbocycles. The van der Waals surface area contributed by atoms with Gasteiger partial charge in [-0.25, -0.2) is 13.2 Å². The predicted octanol–water partition coefficient (Wildman–Crippen LogP) is 0.176. The monoisotopic (exact) mass is 223 g/mol. The number of nitrogens with zero attached hydrogens (tertiary/aromatic N) is 1. The summed E-state index contributed by atoms with van der Waals surface area (Å²) in [5.74, 6) is 0.554. The second kappa shape index (κ2) is 3.05. The Bertz CT molecular complexity index is 584. The molecule has 0 N–H and O–H groups in total. The van der Waals surface area contributed by atoms with Gasteiger partial charge in [-0.15, -0.1) is 0 Å². The Hall–Kier alpha value is -1.91. The molecule has 0 unspecified atom stereocenters. The molecule has 15 heavy (non-hydrogen) atoms. The number of hydrogen-bond donors (Lipinski definition) is 0. The lowest BCUT2D eigenvalue weighted by Gasteiger charge is -2.05. The van der Waals surface area contributed by atoms with Gasteiger partial charge < -0.3 is 0 Å². The molecule has 0 aliphatic carbocycles. The zero-order valence-electron chi connectivity index (χ0n) is 7.38. The van der Waals surface area contributed by atoms with Gasteiger partial charge in [0.25, 0.3) is 15.9 Å². The van der Waals surface area contributed by atoms with Crippen molar-refractivity contribution in [3.8, 4) is 0 Å². The predicted molar refractivity (Wildman–Crippen MR) is 50.1 cm³/mol. The number of rotatable bonds is 1. The van der Waals surface area contributed by atoms with E-state index in [0.29, 0.717) is 10.5 Å². The van der Waals surface area contributed by atoms with Gasteiger partial charge in [0.15, 0.2) is 0 Å². The van der Waals surface area contributed by atoms with Crippen LogP contribution in [0.5, 0.6) is 0 Å². The summed E-state index contributed by atoms with van der Waals surface area (Å²) < 4.78 is 23.8. The maximum atomic E-state index is 11.7. The van der Waals surface area contributed by atoms with Crippen molar-refractivity contribution < 1.29 is 18.0 Å². The first-order valence-corrected chi connectivity index (χ1v) is 5.42. The van der Waals surface area contributed by atoms with E-state index in [1.165, 1.54) is 24.1 Å². The molecule has 0 aromatic heterocycles. The number of sulfonamides is 1. The van der Waals surface area contributed by atoms with Gasteiger partial charge in [-0.1, -0.05) is 12.1 Å². The fourth-order valence-corrected chi connectivity index (χ4v) is 2.77. The number of hydrogen-bond acceptors (Lipinski definition) is 4. The van der Waals surface area contributed by atoms with Crippen molar-refractivity contribution in [2.24, 2.45) is 0 Å². The molecule has 0 bridgehead atoms. The summed E-state index contributed by atoms with van der Waals surface area (Å²) in [6, 6.07) is 5.78. The molecule has 1 heterocycles. The highest BCUT2D eigenvalue weighted by Crippen LogP contribution is 2.29. The normalized spacial score (nSPS) is 17.1. The van der Waals surface area contributed by atoms with Crippen LogP contribution in [-0.4, -0.2) is 24.6 Å². The maximum Gasteiger partial charge on any atom is 0.273 e. The van der Waals surface area contributed by atoms with E-state index in [-0.39, 0.29) is 10.5 Å². The lowest BCUT2D eigenvalue weighted by molar-refractivity contribution is 0.0907. The highest BCUT2D eigenvalue weighted by Gasteiger charge is 2.39. The molecule has 0 radical (unpaired) electrons. The second-order valence-electron chi connectivity index (χ2n) is 2.85. The highest BCUT2D eigenvalue weighted by molar-refractivity contribution is 7.90. The van der Waals surface area contributed by atoms with Crippen molar-refractivity contribution in [1.29, 1.82) is 0 Å². The minimum absolute atomic E-state index is 0.0731. The van der Waals surface area contributed by atoms with Gasteiger partial charge in [0, 0.05) is 0 Å². The van der Waals surface area contributed by atoms with Crippen molar-refractivity contribution in [1.82, 2.24) is 4.31 Å². The third kappa shape index (κ3) is 1.20. The molecule has 1 aromatic rings. The van der Waals surface area contributed by atoms with Gasteiger partial charge in [0.05, 0.1) is 5.56 Å². The van der Waals surface area contributed by atoms with Crippen LogP contribution in [-0.2, 0) is 14.8 Å². The first-order valence-electron chi connectivity index (χ1n) is 3.98. The molecule has 5 nitrogen and oxygen atoms in total. The van der Waals surface area contributed by atoms with Crippen molar-refractivity contribution in [2.45, 2.75) is 4.90 Å². The quantitative estimate of drug-likeness (QED) is 0.636. The van der Waals surface area contributed by atoms with Crippen LogP contribution in [0.25, 0.3) is 0 Å². The Kier molecular flexibility index (Phi) is 1.96. The number of carbonyl (C=O) groups excluding carboxylic acids is 2. The molecule has 1 aromatic carbocycles. The molecule has 76 valence electrons. The zero-order valence-corrected chi connectivity index (χ0v) is 8.19. The van der Waals surface area contributed by atoms with E-state index in [2.05, 4.69) is 0 Å². The lowest BCUT2D eigenvalue weighted by Crippen LogP contribution is -2.24. The average Bonchev–Trinajstić information content (AvgIpc) is 2.41. The number of fused-ring (bicyclic) bond motifs is 1. The van der Waals surface area contributed by atoms with Crippen molar-refractivity contribution in [2.75, 3.05) is 0 Å². The SMILES string of the molecule is O=C=CN1C(=O)c2ccccc2S1(=O)=O. The average molecular weight is 223 g/mol. The van der Waals surface area contributed by atoms with E-state index < -0.39 is 15.9 Å². The van der Waals surface area contributed by atoms with Gasteiger partial charge in [-0.3, -0.25) is 4.79 Å². The Morgan fingerprint density at radius 1 is 1.27 bits per heavy atom. The Balaban J connectivity index is 2.76. The highest BCUT2D eigenvalue weighted by atomic mass is 32.2. The van der Waals surface area contributed by atoms with Crippen LogP contribution >= 0.6 is 0 Å². The van der Waals surface area contributed by atoms with Gasteiger partial charge in [0.2, 0.25) is 0 Å². The second-order valence-corrected chi connectivity index (χ2v) is 4.63. The summed E-state index contributed by atoms with van der Waals surface area (Å²) in [5, 5.41) is 0. The third-order valence-electron chi connectivity index (χ3n) is 2.02. The fourth-order valence-electron chi connectivity index (χ4n) is 1.38. The van der Waals surface area contributed by atoms with Gasteiger partial charge in [-0.2, -0.15) is 4.31 Å². The van der Waals surface area contributed by atoms with E-state index in [0.717, 1.165) is 0 Å². The molecule has 2 rings (SSSR count). The molecular weight excluding hydrogens is 218 g/mol. The summed E-state index contributed by atoms with van der Waals surface area (Å²) in [5.41, 5.74) is 0.0731. The van der Waals surface area contributed by atoms with Crippen LogP contribution in [0.1, 0.15) is 10.4 Å². The van der Waals surface area contributed by atoms with E-state index in [9.17, 15) is 18.0 Å². The summed E-state index contributed by atoms with van der Waals surface area (Å²) in [6.45, 7) is 0. The van der Waals surface area contributed by atoms with Crippen LogP contribution in [0.4, 0.5) is 0 Å². The van der Waals surface area contributed by atoms with Crippen molar-refractivity contribution >= 4 is 21.9 Å². The lowest BCUT2D eigenvalue weighted by atomic mass is 10.2. The minimum Gasteiger partial charge on any atom is -0.268 e. The van der Waals surface area contributed by atoms with Crippen LogP contribution in [0.2, 0.25) is 0 Å². The molecule has 0 saturated heterocycles. The summed E-state index contributed by atoms with van der Waals surface area (Å²) in [4.78, 5) is 21.6. The first-order chi connectivity index (χ1) is 7.09. The molecule has 6 heteroatoms. The Morgan fingerprint density at radius 3 is 2.53 bits per heavy atom. The minimum atomic E-state index is -3.89. The molecule has 0 spiro atoms. The number of carbonyl (C=O) groups is 1. The molecule has 1 aliphatic heterocycles. The van der Waals surface area contributed by atoms with Crippen LogP contribution in [0, 0.1) is 0 Å². The summed E-state index contributed by atoms with van der Waals surface area (Å²) in [7, 11) is -3.89.